The topological polar surface area (TPSA) is 105 Å². The first-order chi connectivity index (χ1) is 10.5. The molecule has 0 fully saturated rings. The lowest BCUT2D eigenvalue weighted by molar-refractivity contribution is -0.384. The molecule has 0 heterocycles. The van der Waals surface area contributed by atoms with Gasteiger partial charge in [0.1, 0.15) is 11.6 Å². The number of phenolic OH excluding ortho intramolecular Hbond substituents is 1. The van der Waals surface area contributed by atoms with Gasteiger partial charge < -0.3 is 5.11 Å². The molecule has 0 radical (unpaired) electrons. The molecular formula is C14H10FN3O4. The SMILES string of the molecule is O=C(NN=Cc1cc([N+](=O)[O-])ccc1O)c1ccc(F)cc1. The summed E-state index contributed by atoms with van der Waals surface area (Å²) < 4.78 is 12.7. The summed E-state index contributed by atoms with van der Waals surface area (Å²) in [5.74, 6) is -1.27. The maximum atomic E-state index is 12.7. The van der Waals surface area contributed by atoms with Crippen molar-refractivity contribution >= 4 is 17.8 Å². The molecule has 0 unspecified atom stereocenters. The smallest absolute Gasteiger partial charge is 0.271 e. The molecule has 8 heteroatoms. The predicted molar refractivity (Wildman–Crippen MR) is 76.2 cm³/mol. The fourth-order valence-electron chi connectivity index (χ4n) is 1.59. The average molecular weight is 303 g/mol. The van der Waals surface area contributed by atoms with Gasteiger partial charge in [0.2, 0.25) is 0 Å². The van der Waals surface area contributed by atoms with Crippen molar-refractivity contribution in [2.75, 3.05) is 0 Å². The van der Waals surface area contributed by atoms with E-state index in [0.717, 1.165) is 36.5 Å². The third kappa shape index (κ3) is 3.63. The molecule has 7 nitrogen and oxygen atoms in total. The highest BCUT2D eigenvalue weighted by atomic mass is 19.1. The Morgan fingerprint density at radius 2 is 1.95 bits per heavy atom. The van der Waals surface area contributed by atoms with Gasteiger partial charge in [0.05, 0.1) is 11.1 Å². The van der Waals surface area contributed by atoms with Crippen LogP contribution in [0.5, 0.6) is 5.75 Å². The van der Waals surface area contributed by atoms with Crippen LogP contribution in [0.2, 0.25) is 0 Å². The molecule has 0 aliphatic heterocycles. The molecule has 0 aliphatic rings. The molecule has 2 aromatic rings. The number of benzene rings is 2. The van der Waals surface area contributed by atoms with Crippen LogP contribution in [0.1, 0.15) is 15.9 Å². The van der Waals surface area contributed by atoms with Crippen molar-refractivity contribution in [2.45, 2.75) is 0 Å². The number of hydrogen-bond acceptors (Lipinski definition) is 5. The number of carbonyl (C=O) groups excluding carboxylic acids is 1. The molecule has 2 aromatic carbocycles. The number of nitrogens with one attached hydrogen (secondary N) is 1. The van der Waals surface area contributed by atoms with E-state index in [4.69, 9.17) is 0 Å². The zero-order valence-corrected chi connectivity index (χ0v) is 11.1. The Bertz CT molecular complexity index is 744. The molecule has 112 valence electrons. The van der Waals surface area contributed by atoms with Crippen LogP contribution in [-0.2, 0) is 0 Å². The predicted octanol–water partition coefficient (Wildman–Crippen LogP) is 2.20. The standard InChI is InChI=1S/C14H10FN3O4/c15-11-3-1-9(2-4-11)14(20)17-16-8-10-7-12(18(21)22)5-6-13(10)19/h1-8,19H,(H,17,20). The lowest BCUT2D eigenvalue weighted by Gasteiger charge is -2.01. The highest BCUT2D eigenvalue weighted by molar-refractivity contribution is 5.95. The molecule has 0 bridgehead atoms. The summed E-state index contributed by atoms with van der Waals surface area (Å²) in [5, 5.41) is 23.8. The minimum Gasteiger partial charge on any atom is -0.507 e. The summed E-state index contributed by atoms with van der Waals surface area (Å²) in [7, 11) is 0. The number of phenols is 1. The Balaban J connectivity index is 2.09. The summed E-state index contributed by atoms with van der Waals surface area (Å²) in [6.07, 6.45) is 1.07. The van der Waals surface area contributed by atoms with Crippen LogP contribution in [0.3, 0.4) is 0 Å². The van der Waals surface area contributed by atoms with Gasteiger partial charge >= 0.3 is 0 Å². The van der Waals surface area contributed by atoms with Gasteiger partial charge in [-0.2, -0.15) is 5.10 Å². The van der Waals surface area contributed by atoms with Crippen molar-refractivity contribution < 1.29 is 19.2 Å². The molecule has 1 amide bonds. The van der Waals surface area contributed by atoms with Crippen LogP contribution in [-0.4, -0.2) is 22.2 Å². The molecule has 0 saturated heterocycles. The lowest BCUT2D eigenvalue weighted by Crippen LogP contribution is -2.17. The van der Waals surface area contributed by atoms with Gasteiger partial charge in [0, 0.05) is 23.3 Å². The van der Waals surface area contributed by atoms with Crippen LogP contribution in [0.4, 0.5) is 10.1 Å². The summed E-state index contributed by atoms with van der Waals surface area (Å²) in [6.45, 7) is 0. The highest BCUT2D eigenvalue weighted by Crippen LogP contribution is 2.21. The molecule has 0 atom stereocenters. The number of non-ortho nitro benzene ring substituents is 1. The van der Waals surface area contributed by atoms with Crippen molar-refractivity contribution in [3.63, 3.8) is 0 Å². The zero-order valence-electron chi connectivity index (χ0n) is 11.1. The van der Waals surface area contributed by atoms with E-state index >= 15 is 0 Å². The highest BCUT2D eigenvalue weighted by Gasteiger charge is 2.09. The normalized spacial score (nSPS) is 10.6. The maximum absolute atomic E-state index is 12.7. The molecule has 0 saturated carbocycles. The third-order valence-corrected chi connectivity index (χ3v) is 2.70. The van der Waals surface area contributed by atoms with Crippen molar-refractivity contribution in [1.29, 1.82) is 0 Å². The minimum absolute atomic E-state index is 0.0774. The summed E-state index contributed by atoms with van der Waals surface area (Å²) in [5.41, 5.74) is 2.23. The van der Waals surface area contributed by atoms with Crippen molar-refractivity contribution in [3.05, 3.63) is 69.5 Å². The van der Waals surface area contributed by atoms with Crippen molar-refractivity contribution in [3.8, 4) is 5.75 Å². The number of aromatic hydroxyl groups is 1. The van der Waals surface area contributed by atoms with Gasteiger partial charge in [-0.15, -0.1) is 0 Å². The number of amides is 1. The molecule has 2 rings (SSSR count). The van der Waals surface area contributed by atoms with Crippen LogP contribution < -0.4 is 5.43 Å². The largest absolute Gasteiger partial charge is 0.507 e. The van der Waals surface area contributed by atoms with E-state index in [9.17, 15) is 24.4 Å². The second kappa shape index (κ2) is 6.44. The van der Waals surface area contributed by atoms with Crippen LogP contribution in [0.25, 0.3) is 0 Å². The first kappa shape index (κ1) is 15.1. The van der Waals surface area contributed by atoms with Gasteiger partial charge in [-0.3, -0.25) is 14.9 Å². The van der Waals surface area contributed by atoms with E-state index in [1.54, 1.807) is 0 Å². The van der Waals surface area contributed by atoms with E-state index in [1.807, 2.05) is 0 Å². The van der Waals surface area contributed by atoms with E-state index in [1.165, 1.54) is 12.1 Å². The number of nitro groups is 1. The zero-order chi connectivity index (χ0) is 16.1. The van der Waals surface area contributed by atoms with E-state index in [0.29, 0.717) is 0 Å². The third-order valence-electron chi connectivity index (χ3n) is 2.70. The van der Waals surface area contributed by atoms with Crippen LogP contribution in [0.15, 0.2) is 47.6 Å². The van der Waals surface area contributed by atoms with Gasteiger partial charge in [-0.1, -0.05) is 0 Å². The summed E-state index contributed by atoms with van der Waals surface area (Å²) in [4.78, 5) is 21.7. The molecule has 0 aromatic heterocycles. The number of nitro benzene ring substituents is 1. The van der Waals surface area contributed by atoms with Crippen LogP contribution >= 0.6 is 0 Å². The molecule has 2 N–H and O–H groups in total. The van der Waals surface area contributed by atoms with Crippen molar-refractivity contribution in [1.82, 2.24) is 5.43 Å². The first-order valence-corrected chi connectivity index (χ1v) is 6.04. The van der Waals surface area contributed by atoms with Gasteiger partial charge in [-0.25, -0.2) is 9.82 Å². The Labute approximate surface area is 123 Å². The van der Waals surface area contributed by atoms with E-state index < -0.39 is 16.6 Å². The molecule has 0 aliphatic carbocycles. The molecular weight excluding hydrogens is 293 g/mol. The number of hydrogen-bond donors (Lipinski definition) is 2. The lowest BCUT2D eigenvalue weighted by atomic mass is 10.2. The van der Waals surface area contributed by atoms with E-state index in [2.05, 4.69) is 10.5 Å². The number of halogens is 1. The first-order valence-electron chi connectivity index (χ1n) is 6.04. The molecule has 0 spiro atoms. The quantitative estimate of drug-likeness (QED) is 0.513. The number of rotatable bonds is 4. The van der Waals surface area contributed by atoms with Crippen molar-refractivity contribution in [2.24, 2.45) is 5.10 Å². The Morgan fingerprint density at radius 3 is 2.59 bits per heavy atom. The van der Waals surface area contributed by atoms with Gasteiger partial charge in [0.15, 0.2) is 0 Å². The monoisotopic (exact) mass is 303 g/mol. The van der Waals surface area contributed by atoms with Gasteiger partial charge in [0.25, 0.3) is 11.6 Å². The Hall–Kier alpha value is -3.29. The van der Waals surface area contributed by atoms with Gasteiger partial charge in [-0.05, 0) is 30.3 Å². The average Bonchev–Trinajstić information content (AvgIpc) is 2.49. The minimum atomic E-state index is -0.617. The maximum Gasteiger partial charge on any atom is 0.271 e. The number of hydrazone groups is 1. The number of carbonyl (C=O) groups is 1. The fraction of sp³-hybridized carbons (Fsp3) is 0. The summed E-state index contributed by atoms with van der Waals surface area (Å²) >= 11 is 0. The summed E-state index contributed by atoms with van der Waals surface area (Å²) in [6, 6.07) is 8.24. The number of nitrogens with zero attached hydrogens (tertiary/aromatic N) is 2. The van der Waals surface area contributed by atoms with Crippen LogP contribution in [0, 0.1) is 15.9 Å². The van der Waals surface area contributed by atoms with E-state index in [-0.39, 0.29) is 22.6 Å². The Kier molecular flexibility index (Phi) is 4.42. The Morgan fingerprint density at radius 1 is 1.27 bits per heavy atom. The second-order valence-corrected chi connectivity index (χ2v) is 4.21. The molecule has 22 heavy (non-hydrogen) atoms. The second-order valence-electron chi connectivity index (χ2n) is 4.21. The fourth-order valence-corrected chi connectivity index (χ4v) is 1.59.